The van der Waals surface area contributed by atoms with Gasteiger partial charge in [-0.15, -0.1) is 0 Å². The SMILES string of the molecule is C=C/N=C\N(C/C(=C/NC(CO)COCC)N=N)[N+](=O)[O-]. The summed E-state index contributed by atoms with van der Waals surface area (Å²) in [6.45, 7) is 5.47. The minimum absolute atomic E-state index is 0.0946. The van der Waals surface area contributed by atoms with E-state index in [1.165, 1.54) is 6.20 Å². The monoisotopic (exact) mass is 300 g/mol. The van der Waals surface area contributed by atoms with Crippen molar-refractivity contribution >= 4 is 6.34 Å². The third kappa shape index (κ3) is 8.44. The van der Waals surface area contributed by atoms with Crippen molar-refractivity contribution in [2.75, 3.05) is 26.4 Å². The lowest BCUT2D eigenvalue weighted by Crippen LogP contribution is -2.35. The number of aliphatic hydroxyl groups is 1. The zero-order chi connectivity index (χ0) is 16.1. The maximum absolute atomic E-state index is 10.8. The first kappa shape index (κ1) is 18.7. The van der Waals surface area contributed by atoms with Crippen LogP contribution >= 0.6 is 0 Å². The molecular formula is C11H20N6O4. The van der Waals surface area contributed by atoms with Crippen molar-refractivity contribution in [3.63, 3.8) is 0 Å². The quantitative estimate of drug-likeness (QED) is 0.158. The van der Waals surface area contributed by atoms with Crippen LogP contribution < -0.4 is 5.32 Å². The molecule has 3 N–H and O–H groups in total. The molecular weight excluding hydrogens is 280 g/mol. The molecule has 0 aromatic rings. The summed E-state index contributed by atoms with van der Waals surface area (Å²) in [5.74, 6) is 0. The average molecular weight is 300 g/mol. The Morgan fingerprint density at radius 2 is 2.43 bits per heavy atom. The Hall–Kier alpha value is -2.33. The summed E-state index contributed by atoms with van der Waals surface area (Å²) in [6.07, 6.45) is 3.45. The van der Waals surface area contributed by atoms with Gasteiger partial charge < -0.3 is 15.2 Å². The lowest BCUT2D eigenvalue weighted by atomic mass is 10.3. The van der Waals surface area contributed by atoms with Gasteiger partial charge in [0.1, 0.15) is 12.2 Å². The Morgan fingerprint density at radius 1 is 1.71 bits per heavy atom. The molecule has 10 heteroatoms. The fourth-order valence-electron chi connectivity index (χ4n) is 1.17. The molecule has 10 nitrogen and oxygen atoms in total. The van der Waals surface area contributed by atoms with E-state index < -0.39 is 5.03 Å². The molecule has 0 amide bonds. The molecule has 0 spiro atoms. The average Bonchev–Trinajstić information content (AvgIpc) is 2.48. The van der Waals surface area contributed by atoms with E-state index in [0.29, 0.717) is 11.6 Å². The van der Waals surface area contributed by atoms with Crippen molar-refractivity contribution in [1.82, 2.24) is 10.3 Å². The fraction of sp³-hybridized carbons (Fsp3) is 0.545. The summed E-state index contributed by atoms with van der Waals surface area (Å²) >= 11 is 0. The Labute approximate surface area is 122 Å². The fourth-order valence-corrected chi connectivity index (χ4v) is 1.17. The van der Waals surface area contributed by atoms with E-state index >= 15 is 0 Å². The Bertz CT molecular complexity index is 398. The van der Waals surface area contributed by atoms with Gasteiger partial charge in [-0.05, 0) is 6.92 Å². The van der Waals surface area contributed by atoms with Crippen LogP contribution in [0.4, 0.5) is 0 Å². The first-order valence-electron chi connectivity index (χ1n) is 6.15. The van der Waals surface area contributed by atoms with E-state index in [9.17, 15) is 10.1 Å². The Kier molecular flexibility index (Phi) is 10.2. The summed E-state index contributed by atoms with van der Waals surface area (Å²) in [5, 5.41) is 25.9. The number of hydrogen-bond donors (Lipinski definition) is 3. The van der Waals surface area contributed by atoms with Gasteiger partial charge in [0, 0.05) is 19.0 Å². The van der Waals surface area contributed by atoms with E-state index in [1.54, 1.807) is 0 Å². The van der Waals surface area contributed by atoms with Gasteiger partial charge in [0.15, 0.2) is 11.4 Å². The number of hydrazine groups is 1. The number of rotatable bonds is 12. The van der Waals surface area contributed by atoms with Crippen LogP contribution in [-0.4, -0.2) is 53.9 Å². The van der Waals surface area contributed by atoms with Crippen LogP contribution in [0.3, 0.4) is 0 Å². The van der Waals surface area contributed by atoms with Crippen molar-refractivity contribution < 1.29 is 14.9 Å². The van der Waals surface area contributed by atoms with Crippen molar-refractivity contribution in [3.05, 3.63) is 34.8 Å². The largest absolute Gasteiger partial charge is 0.394 e. The van der Waals surface area contributed by atoms with E-state index in [2.05, 4.69) is 22.0 Å². The van der Waals surface area contributed by atoms with Gasteiger partial charge in [0.25, 0.3) is 0 Å². The molecule has 0 aliphatic heterocycles. The lowest BCUT2D eigenvalue weighted by molar-refractivity contribution is -0.625. The standard InChI is InChI=1S/C11H20N6O4/c1-3-13-9-16(17(19)20)6-10(15-12)5-14-11(7-18)8-21-4-2/h3,5,9,11-12,14,18H,1,4,6-8H2,2H3/b10-5-,13-9-,15-12?. The topological polar surface area (TPSA) is 136 Å². The summed E-state index contributed by atoms with van der Waals surface area (Å²) in [6, 6.07) is -0.382. The second kappa shape index (κ2) is 11.5. The van der Waals surface area contributed by atoms with Gasteiger partial charge in [0.2, 0.25) is 0 Å². The van der Waals surface area contributed by atoms with Crippen LogP contribution in [0.15, 0.2) is 34.8 Å². The summed E-state index contributed by atoms with van der Waals surface area (Å²) in [4.78, 5) is 14.3. The normalized spacial score (nSPS) is 13.0. The number of aliphatic hydroxyl groups excluding tert-OH is 1. The van der Waals surface area contributed by atoms with E-state index in [1.807, 2.05) is 6.92 Å². The molecule has 0 fully saturated rings. The van der Waals surface area contributed by atoms with Crippen molar-refractivity contribution in [1.29, 1.82) is 5.53 Å². The minimum atomic E-state index is -0.685. The second-order valence-electron chi connectivity index (χ2n) is 3.74. The number of ether oxygens (including phenoxy) is 1. The van der Waals surface area contributed by atoms with Gasteiger partial charge in [-0.3, -0.25) is 0 Å². The number of hydrogen-bond acceptors (Lipinski definition) is 8. The van der Waals surface area contributed by atoms with Gasteiger partial charge in [-0.2, -0.15) is 5.11 Å². The molecule has 0 heterocycles. The molecule has 0 rings (SSSR count). The van der Waals surface area contributed by atoms with Gasteiger partial charge in [-0.25, -0.2) is 20.6 Å². The van der Waals surface area contributed by atoms with Crippen LogP contribution in [0.1, 0.15) is 6.92 Å². The van der Waals surface area contributed by atoms with Crippen LogP contribution in [0.5, 0.6) is 0 Å². The summed E-state index contributed by atoms with van der Waals surface area (Å²) in [5.41, 5.74) is 7.11. The van der Waals surface area contributed by atoms with Crippen LogP contribution in [-0.2, 0) is 4.74 Å². The van der Waals surface area contributed by atoms with E-state index in [-0.39, 0.29) is 31.5 Å². The third-order valence-corrected chi connectivity index (χ3v) is 2.21. The number of nitrogens with one attached hydrogen (secondary N) is 2. The molecule has 1 atom stereocenters. The highest BCUT2D eigenvalue weighted by Crippen LogP contribution is 2.00. The zero-order valence-corrected chi connectivity index (χ0v) is 11.8. The van der Waals surface area contributed by atoms with Gasteiger partial charge in [0.05, 0.1) is 19.3 Å². The highest BCUT2D eigenvalue weighted by Gasteiger charge is 2.14. The van der Waals surface area contributed by atoms with Crippen molar-refractivity contribution in [2.24, 2.45) is 10.1 Å². The second-order valence-corrected chi connectivity index (χ2v) is 3.74. The molecule has 118 valence electrons. The molecule has 0 saturated heterocycles. The molecule has 0 aliphatic rings. The van der Waals surface area contributed by atoms with Gasteiger partial charge >= 0.3 is 0 Å². The molecule has 1 unspecified atom stereocenters. The molecule has 0 bridgehead atoms. The highest BCUT2D eigenvalue weighted by molar-refractivity contribution is 5.54. The van der Waals surface area contributed by atoms with Crippen molar-refractivity contribution in [2.45, 2.75) is 13.0 Å². The zero-order valence-electron chi connectivity index (χ0n) is 11.8. The Morgan fingerprint density at radius 3 is 2.90 bits per heavy atom. The van der Waals surface area contributed by atoms with Crippen LogP contribution in [0, 0.1) is 15.6 Å². The van der Waals surface area contributed by atoms with Crippen molar-refractivity contribution in [3.8, 4) is 0 Å². The Balaban J connectivity index is 4.68. The first-order chi connectivity index (χ1) is 10.1. The molecule has 21 heavy (non-hydrogen) atoms. The molecule has 0 aromatic carbocycles. The molecule has 0 saturated carbocycles. The number of nitrogens with zero attached hydrogens (tertiary/aromatic N) is 4. The minimum Gasteiger partial charge on any atom is -0.394 e. The van der Waals surface area contributed by atoms with E-state index in [4.69, 9.17) is 15.4 Å². The predicted octanol–water partition coefficient (Wildman–Crippen LogP) is 0.511. The van der Waals surface area contributed by atoms with Crippen LogP contribution in [0.2, 0.25) is 0 Å². The molecule has 0 aliphatic carbocycles. The summed E-state index contributed by atoms with van der Waals surface area (Å²) in [7, 11) is 0. The predicted molar refractivity (Wildman–Crippen MR) is 76.1 cm³/mol. The first-order valence-corrected chi connectivity index (χ1v) is 6.15. The lowest BCUT2D eigenvalue weighted by Gasteiger charge is -2.15. The maximum Gasteiger partial charge on any atom is 0.166 e. The van der Waals surface area contributed by atoms with E-state index in [0.717, 1.165) is 12.5 Å². The molecule has 0 radical (unpaired) electrons. The maximum atomic E-state index is 10.8. The summed E-state index contributed by atoms with van der Waals surface area (Å²) < 4.78 is 5.14. The number of nitro groups is 1. The highest BCUT2D eigenvalue weighted by atomic mass is 16.7. The van der Waals surface area contributed by atoms with Gasteiger partial charge in [-0.1, -0.05) is 11.6 Å². The van der Waals surface area contributed by atoms with Crippen LogP contribution in [0.25, 0.3) is 0 Å². The molecule has 0 aromatic heterocycles. The third-order valence-electron chi connectivity index (χ3n) is 2.21. The number of aliphatic imine (C=N–C) groups is 1. The smallest absolute Gasteiger partial charge is 0.166 e.